The molecule has 0 saturated carbocycles. The number of nitrogens with zero attached hydrogens (tertiary/aromatic N) is 1. The van der Waals surface area contributed by atoms with Crippen LogP contribution in [0.15, 0.2) is 89.3 Å². The van der Waals surface area contributed by atoms with Gasteiger partial charge in [0.05, 0.1) is 0 Å². The maximum Gasteiger partial charge on any atom is 0.290 e. The highest BCUT2D eigenvalue weighted by molar-refractivity contribution is 5.96. The molecule has 0 atom stereocenters. The first-order valence-electron chi connectivity index (χ1n) is 9.07. The Kier molecular flexibility index (Phi) is 4.75. The number of furan rings is 1. The van der Waals surface area contributed by atoms with Crippen LogP contribution in [-0.2, 0) is 13.1 Å². The van der Waals surface area contributed by atoms with Gasteiger partial charge in [0.2, 0.25) is 0 Å². The molecule has 1 amide bonds. The lowest BCUT2D eigenvalue weighted by Crippen LogP contribution is -2.29. The van der Waals surface area contributed by atoms with Crippen LogP contribution in [0.4, 0.5) is 0 Å². The summed E-state index contributed by atoms with van der Waals surface area (Å²) < 4.78 is 5.93. The second-order valence-electron chi connectivity index (χ2n) is 6.74. The Balaban J connectivity index is 1.67. The summed E-state index contributed by atoms with van der Waals surface area (Å²) in [7, 11) is 0. The Morgan fingerprint density at radius 3 is 1.96 bits per heavy atom. The summed E-state index contributed by atoms with van der Waals surface area (Å²) in [5.74, 6) is 0.282. The predicted octanol–water partition coefficient (Wildman–Crippen LogP) is 5.58. The molecule has 0 spiro atoms. The van der Waals surface area contributed by atoms with E-state index in [0.29, 0.717) is 18.8 Å². The fraction of sp³-hybridized carbons (Fsp3) is 0.125. The third-order valence-corrected chi connectivity index (χ3v) is 4.67. The molecule has 0 bridgehead atoms. The molecule has 4 rings (SSSR count). The molecule has 3 nitrogen and oxygen atoms in total. The number of amides is 1. The summed E-state index contributed by atoms with van der Waals surface area (Å²) in [4.78, 5) is 15.1. The highest BCUT2D eigenvalue weighted by Gasteiger charge is 2.21. The van der Waals surface area contributed by atoms with Crippen LogP contribution in [0.25, 0.3) is 11.0 Å². The van der Waals surface area contributed by atoms with Crippen molar-refractivity contribution in [3.8, 4) is 0 Å². The predicted molar refractivity (Wildman–Crippen MR) is 107 cm³/mol. The molecule has 1 aromatic heterocycles. The van der Waals surface area contributed by atoms with Gasteiger partial charge in [0.15, 0.2) is 5.76 Å². The second kappa shape index (κ2) is 7.50. The van der Waals surface area contributed by atoms with E-state index in [0.717, 1.165) is 27.7 Å². The Morgan fingerprint density at radius 1 is 0.815 bits per heavy atom. The summed E-state index contributed by atoms with van der Waals surface area (Å²) >= 11 is 0. The van der Waals surface area contributed by atoms with E-state index in [-0.39, 0.29) is 5.91 Å². The number of carbonyl (C=O) groups excluding carboxylic acids is 1. The van der Waals surface area contributed by atoms with Crippen LogP contribution in [0.3, 0.4) is 0 Å². The topological polar surface area (TPSA) is 33.5 Å². The zero-order chi connectivity index (χ0) is 18.6. The van der Waals surface area contributed by atoms with E-state index in [1.54, 1.807) is 0 Å². The van der Waals surface area contributed by atoms with Crippen LogP contribution in [-0.4, -0.2) is 10.8 Å². The Hall–Kier alpha value is -3.33. The van der Waals surface area contributed by atoms with Crippen molar-refractivity contribution in [3.63, 3.8) is 0 Å². The van der Waals surface area contributed by atoms with E-state index < -0.39 is 0 Å². The molecule has 134 valence electrons. The van der Waals surface area contributed by atoms with Crippen LogP contribution in [0.1, 0.15) is 27.2 Å². The number of hydrogen-bond donors (Lipinski definition) is 0. The Bertz CT molecular complexity index is 1010. The number of carbonyl (C=O) groups is 1. The van der Waals surface area contributed by atoms with Crippen LogP contribution in [0.2, 0.25) is 0 Å². The van der Waals surface area contributed by atoms with Gasteiger partial charge in [0, 0.05) is 18.5 Å². The summed E-state index contributed by atoms with van der Waals surface area (Å²) in [6, 6.07) is 27.9. The molecule has 0 N–H and O–H groups in total. The molecule has 0 unspecified atom stereocenters. The van der Waals surface area contributed by atoms with Crippen LogP contribution < -0.4 is 0 Å². The van der Waals surface area contributed by atoms with Crippen molar-refractivity contribution in [1.29, 1.82) is 0 Å². The average Bonchev–Trinajstić information content (AvgIpc) is 3.14. The van der Waals surface area contributed by atoms with E-state index >= 15 is 0 Å². The van der Waals surface area contributed by atoms with Crippen LogP contribution in [0, 0.1) is 6.92 Å². The van der Waals surface area contributed by atoms with Crippen molar-refractivity contribution in [3.05, 3.63) is 107 Å². The summed E-state index contributed by atoms with van der Waals surface area (Å²) in [5, 5.41) is 0.956. The van der Waals surface area contributed by atoms with Gasteiger partial charge in [-0.2, -0.15) is 0 Å². The molecular weight excluding hydrogens is 334 g/mol. The van der Waals surface area contributed by atoms with Gasteiger partial charge in [0.1, 0.15) is 5.58 Å². The lowest BCUT2D eigenvalue weighted by Gasteiger charge is -2.22. The highest BCUT2D eigenvalue weighted by Crippen LogP contribution is 2.24. The third-order valence-electron chi connectivity index (χ3n) is 4.67. The fourth-order valence-electron chi connectivity index (χ4n) is 3.28. The molecule has 0 radical (unpaired) electrons. The molecular formula is C24H21NO2. The molecule has 0 saturated heterocycles. The Morgan fingerprint density at radius 2 is 1.41 bits per heavy atom. The molecule has 0 fully saturated rings. The van der Waals surface area contributed by atoms with Crippen molar-refractivity contribution >= 4 is 16.9 Å². The fourth-order valence-corrected chi connectivity index (χ4v) is 3.28. The van der Waals surface area contributed by atoms with E-state index in [1.807, 2.05) is 96.8 Å². The smallest absolute Gasteiger partial charge is 0.290 e. The first-order valence-corrected chi connectivity index (χ1v) is 9.07. The van der Waals surface area contributed by atoms with Gasteiger partial charge in [-0.3, -0.25) is 4.79 Å². The minimum atomic E-state index is -0.0988. The molecule has 0 aliphatic heterocycles. The zero-order valence-corrected chi connectivity index (χ0v) is 15.3. The molecule has 1 heterocycles. The SMILES string of the molecule is Cc1cccc2cc(C(=O)N(Cc3ccccc3)Cc3ccccc3)oc12. The zero-order valence-electron chi connectivity index (χ0n) is 15.3. The number of benzene rings is 3. The van der Waals surface area contributed by atoms with E-state index in [2.05, 4.69) is 0 Å². The van der Waals surface area contributed by atoms with Crippen molar-refractivity contribution in [1.82, 2.24) is 4.90 Å². The normalized spacial score (nSPS) is 10.9. The summed E-state index contributed by atoms with van der Waals surface area (Å²) in [6.45, 7) is 3.06. The number of para-hydroxylation sites is 1. The van der Waals surface area contributed by atoms with Gasteiger partial charge in [-0.05, 0) is 29.7 Å². The van der Waals surface area contributed by atoms with Crippen molar-refractivity contribution in [2.75, 3.05) is 0 Å². The first kappa shape index (κ1) is 17.1. The minimum Gasteiger partial charge on any atom is -0.451 e. The van der Waals surface area contributed by atoms with Crippen molar-refractivity contribution in [2.45, 2.75) is 20.0 Å². The van der Waals surface area contributed by atoms with Gasteiger partial charge >= 0.3 is 0 Å². The third kappa shape index (κ3) is 3.77. The van der Waals surface area contributed by atoms with E-state index in [1.165, 1.54) is 0 Å². The molecule has 3 heteroatoms. The Labute approximate surface area is 158 Å². The lowest BCUT2D eigenvalue weighted by atomic mass is 10.1. The van der Waals surface area contributed by atoms with Gasteiger partial charge < -0.3 is 9.32 Å². The number of fused-ring (bicyclic) bond motifs is 1. The molecule has 0 aliphatic carbocycles. The largest absolute Gasteiger partial charge is 0.451 e. The molecule has 0 aliphatic rings. The van der Waals surface area contributed by atoms with E-state index in [4.69, 9.17) is 4.42 Å². The first-order chi connectivity index (χ1) is 13.2. The highest BCUT2D eigenvalue weighted by atomic mass is 16.3. The molecule has 27 heavy (non-hydrogen) atoms. The summed E-state index contributed by atoms with van der Waals surface area (Å²) in [6.07, 6.45) is 0. The van der Waals surface area contributed by atoms with Crippen LogP contribution >= 0.6 is 0 Å². The monoisotopic (exact) mass is 355 g/mol. The maximum absolute atomic E-state index is 13.3. The molecule has 3 aromatic carbocycles. The van der Waals surface area contributed by atoms with Crippen LogP contribution in [0.5, 0.6) is 0 Å². The van der Waals surface area contributed by atoms with Gasteiger partial charge in [-0.1, -0.05) is 78.9 Å². The number of aryl methyl sites for hydroxylation is 1. The van der Waals surface area contributed by atoms with E-state index in [9.17, 15) is 4.79 Å². The maximum atomic E-state index is 13.3. The van der Waals surface area contributed by atoms with Crippen molar-refractivity contribution < 1.29 is 9.21 Å². The summed E-state index contributed by atoms with van der Waals surface area (Å²) in [5.41, 5.74) is 3.99. The van der Waals surface area contributed by atoms with Gasteiger partial charge in [0.25, 0.3) is 5.91 Å². The average molecular weight is 355 g/mol. The quantitative estimate of drug-likeness (QED) is 0.468. The number of hydrogen-bond acceptors (Lipinski definition) is 2. The van der Waals surface area contributed by atoms with Gasteiger partial charge in [-0.15, -0.1) is 0 Å². The lowest BCUT2D eigenvalue weighted by molar-refractivity contribution is 0.0700. The van der Waals surface area contributed by atoms with Gasteiger partial charge in [-0.25, -0.2) is 0 Å². The standard InChI is InChI=1S/C24H21NO2/c1-18-9-8-14-21-15-22(27-23(18)21)24(26)25(16-19-10-4-2-5-11-19)17-20-12-6-3-7-13-20/h2-15H,16-17H2,1H3. The molecule has 4 aromatic rings. The minimum absolute atomic E-state index is 0.0988. The number of rotatable bonds is 5. The second-order valence-corrected chi connectivity index (χ2v) is 6.74. The van der Waals surface area contributed by atoms with Crippen molar-refractivity contribution in [2.24, 2.45) is 0 Å².